The van der Waals surface area contributed by atoms with Crippen molar-refractivity contribution in [1.29, 1.82) is 0 Å². The van der Waals surface area contributed by atoms with Gasteiger partial charge in [-0.15, -0.1) is 0 Å². The van der Waals surface area contributed by atoms with E-state index < -0.39 is 0 Å². The number of para-hydroxylation sites is 1. The van der Waals surface area contributed by atoms with Crippen LogP contribution in [0.1, 0.15) is 10.4 Å². The number of carbonyl (C=O) groups is 1. The van der Waals surface area contributed by atoms with Gasteiger partial charge in [-0.25, -0.2) is 5.01 Å². The van der Waals surface area contributed by atoms with E-state index in [2.05, 4.69) is 5.32 Å². The van der Waals surface area contributed by atoms with Gasteiger partial charge in [-0.3, -0.25) is 9.47 Å². The van der Waals surface area contributed by atoms with Crippen LogP contribution in [0.15, 0.2) is 109 Å². The molecule has 0 atom stereocenters. The van der Waals surface area contributed by atoms with Crippen LogP contribution in [-0.2, 0) is 0 Å². The van der Waals surface area contributed by atoms with Crippen molar-refractivity contribution in [3.05, 3.63) is 115 Å². The molecular weight excluding hydrogens is 334 g/mol. The third kappa shape index (κ3) is 3.75. The van der Waals surface area contributed by atoms with Crippen LogP contribution < -0.4 is 10.3 Å². The zero-order chi connectivity index (χ0) is 18.5. The highest BCUT2D eigenvalue weighted by molar-refractivity contribution is 6.05. The minimum absolute atomic E-state index is 0.0874. The standard InChI is InChI=1S/C23H19N3O/c27-23(19-9-3-1-4-10-19)26(25-17-7-8-18-25)22-15-13-21(14-16-22)24-20-11-5-2-6-12-20/h1-18,24H. The molecule has 0 aliphatic heterocycles. The summed E-state index contributed by atoms with van der Waals surface area (Å²) in [4.78, 5) is 13.1. The molecular formula is C23H19N3O. The van der Waals surface area contributed by atoms with E-state index in [-0.39, 0.29) is 5.91 Å². The monoisotopic (exact) mass is 353 g/mol. The fourth-order valence-electron chi connectivity index (χ4n) is 2.89. The molecule has 0 fully saturated rings. The first kappa shape index (κ1) is 16.7. The van der Waals surface area contributed by atoms with Gasteiger partial charge < -0.3 is 5.32 Å². The molecule has 1 amide bonds. The van der Waals surface area contributed by atoms with Crippen LogP contribution in [0.5, 0.6) is 0 Å². The summed E-state index contributed by atoms with van der Waals surface area (Å²) < 4.78 is 1.79. The number of benzene rings is 3. The third-order valence-electron chi connectivity index (χ3n) is 4.21. The van der Waals surface area contributed by atoms with Gasteiger partial charge in [0.25, 0.3) is 5.91 Å². The number of carbonyl (C=O) groups excluding carboxylic acids is 1. The molecule has 4 heteroatoms. The maximum absolute atomic E-state index is 13.1. The molecule has 1 heterocycles. The molecule has 1 N–H and O–H groups in total. The summed E-state index contributed by atoms with van der Waals surface area (Å²) in [6.07, 6.45) is 3.72. The minimum Gasteiger partial charge on any atom is -0.356 e. The molecule has 0 aliphatic carbocycles. The molecule has 4 nitrogen and oxygen atoms in total. The Morgan fingerprint density at radius 1 is 0.667 bits per heavy atom. The van der Waals surface area contributed by atoms with Crippen LogP contribution in [0, 0.1) is 0 Å². The van der Waals surface area contributed by atoms with E-state index in [1.807, 2.05) is 109 Å². The van der Waals surface area contributed by atoms with E-state index >= 15 is 0 Å². The summed E-state index contributed by atoms with van der Waals surface area (Å²) in [6, 6.07) is 30.9. The zero-order valence-corrected chi connectivity index (χ0v) is 14.7. The highest BCUT2D eigenvalue weighted by atomic mass is 16.2. The number of rotatable bonds is 5. The number of nitrogens with one attached hydrogen (secondary N) is 1. The summed E-state index contributed by atoms with van der Waals surface area (Å²) in [5.41, 5.74) is 3.41. The molecule has 0 saturated carbocycles. The Morgan fingerprint density at radius 3 is 1.85 bits per heavy atom. The quantitative estimate of drug-likeness (QED) is 0.526. The van der Waals surface area contributed by atoms with Gasteiger partial charge in [0, 0.05) is 29.3 Å². The Balaban J connectivity index is 1.64. The highest BCUT2D eigenvalue weighted by Crippen LogP contribution is 2.23. The van der Waals surface area contributed by atoms with E-state index in [0.717, 1.165) is 17.1 Å². The van der Waals surface area contributed by atoms with Gasteiger partial charge in [0.15, 0.2) is 0 Å². The lowest BCUT2D eigenvalue weighted by Gasteiger charge is -2.24. The first-order valence-corrected chi connectivity index (χ1v) is 8.76. The SMILES string of the molecule is O=C(c1ccccc1)N(c1ccc(Nc2ccccc2)cc1)n1cccc1. The molecule has 4 rings (SSSR count). The maximum Gasteiger partial charge on any atom is 0.277 e. The third-order valence-corrected chi connectivity index (χ3v) is 4.21. The number of amides is 1. The second kappa shape index (κ2) is 7.62. The molecule has 0 radical (unpaired) electrons. The Labute approximate surface area is 158 Å². The molecule has 4 aromatic rings. The molecule has 27 heavy (non-hydrogen) atoms. The average molecular weight is 353 g/mol. The first-order valence-electron chi connectivity index (χ1n) is 8.76. The minimum atomic E-state index is -0.0874. The Bertz CT molecular complexity index is 995. The topological polar surface area (TPSA) is 37.3 Å². The number of hydrogen-bond donors (Lipinski definition) is 1. The van der Waals surface area contributed by atoms with Gasteiger partial charge in [0.1, 0.15) is 0 Å². The van der Waals surface area contributed by atoms with Crippen LogP contribution in [0.4, 0.5) is 17.1 Å². The summed E-state index contributed by atoms with van der Waals surface area (Å²) in [5.74, 6) is -0.0874. The normalized spacial score (nSPS) is 10.4. The predicted octanol–water partition coefficient (Wildman–Crippen LogP) is 5.34. The molecule has 1 aromatic heterocycles. The number of aromatic nitrogens is 1. The molecule has 0 bridgehead atoms. The second-order valence-electron chi connectivity index (χ2n) is 6.08. The van der Waals surface area contributed by atoms with Crippen molar-refractivity contribution in [2.24, 2.45) is 0 Å². The second-order valence-corrected chi connectivity index (χ2v) is 6.08. The lowest BCUT2D eigenvalue weighted by atomic mass is 10.2. The summed E-state index contributed by atoms with van der Waals surface area (Å²) in [6.45, 7) is 0. The lowest BCUT2D eigenvalue weighted by Crippen LogP contribution is -2.35. The molecule has 3 aromatic carbocycles. The van der Waals surface area contributed by atoms with Crippen LogP contribution in [0.2, 0.25) is 0 Å². The molecule has 0 spiro atoms. The zero-order valence-electron chi connectivity index (χ0n) is 14.7. The smallest absolute Gasteiger partial charge is 0.277 e. The summed E-state index contributed by atoms with van der Waals surface area (Å²) in [5, 5.41) is 5.01. The van der Waals surface area contributed by atoms with E-state index in [4.69, 9.17) is 0 Å². The van der Waals surface area contributed by atoms with Crippen molar-refractivity contribution in [3.63, 3.8) is 0 Å². The van der Waals surface area contributed by atoms with Crippen molar-refractivity contribution < 1.29 is 4.79 Å². The van der Waals surface area contributed by atoms with Crippen molar-refractivity contribution >= 4 is 23.0 Å². The van der Waals surface area contributed by atoms with Crippen molar-refractivity contribution in [2.75, 3.05) is 10.3 Å². The number of anilines is 3. The Morgan fingerprint density at radius 2 is 1.22 bits per heavy atom. The van der Waals surface area contributed by atoms with Gasteiger partial charge in [-0.2, -0.15) is 0 Å². The van der Waals surface area contributed by atoms with Gasteiger partial charge in [-0.05, 0) is 60.7 Å². The van der Waals surface area contributed by atoms with E-state index in [9.17, 15) is 4.79 Å². The van der Waals surface area contributed by atoms with Crippen molar-refractivity contribution in [3.8, 4) is 0 Å². The Hall–Kier alpha value is -3.79. The fourth-order valence-corrected chi connectivity index (χ4v) is 2.89. The van der Waals surface area contributed by atoms with Crippen LogP contribution in [-0.4, -0.2) is 10.6 Å². The van der Waals surface area contributed by atoms with E-state index in [1.54, 1.807) is 9.69 Å². The fraction of sp³-hybridized carbons (Fsp3) is 0. The lowest BCUT2D eigenvalue weighted by molar-refractivity contribution is 0.0976. The number of nitrogens with zero attached hydrogens (tertiary/aromatic N) is 2. The van der Waals surface area contributed by atoms with Crippen LogP contribution in [0.25, 0.3) is 0 Å². The van der Waals surface area contributed by atoms with Crippen LogP contribution >= 0.6 is 0 Å². The van der Waals surface area contributed by atoms with Crippen molar-refractivity contribution in [1.82, 2.24) is 4.68 Å². The first-order chi connectivity index (χ1) is 13.3. The largest absolute Gasteiger partial charge is 0.356 e. The van der Waals surface area contributed by atoms with Crippen molar-refractivity contribution in [2.45, 2.75) is 0 Å². The van der Waals surface area contributed by atoms with Gasteiger partial charge in [0.05, 0.1) is 5.69 Å². The summed E-state index contributed by atoms with van der Waals surface area (Å²) in [7, 11) is 0. The maximum atomic E-state index is 13.1. The molecule has 0 saturated heterocycles. The van der Waals surface area contributed by atoms with E-state index in [0.29, 0.717) is 5.56 Å². The predicted molar refractivity (Wildman–Crippen MR) is 109 cm³/mol. The molecule has 0 unspecified atom stereocenters. The number of hydrogen-bond acceptors (Lipinski definition) is 2. The average Bonchev–Trinajstić information content (AvgIpc) is 3.25. The van der Waals surface area contributed by atoms with Gasteiger partial charge in [-0.1, -0.05) is 36.4 Å². The summed E-state index contributed by atoms with van der Waals surface area (Å²) >= 11 is 0. The van der Waals surface area contributed by atoms with E-state index in [1.165, 1.54) is 0 Å². The molecule has 0 aliphatic rings. The molecule has 132 valence electrons. The highest BCUT2D eigenvalue weighted by Gasteiger charge is 2.19. The van der Waals surface area contributed by atoms with Gasteiger partial charge in [0.2, 0.25) is 0 Å². The Kier molecular flexibility index (Phi) is 4.70. The van der Waals surface area contributed by atoms with Crippen LogP contribution in [0.3, 0.4) is 0 Å². The van der Waals surface area contributed by atoms with Gasteiger partial charge >= 0.3 is 0 Å².